The normalized spacial score (nSPS) is 26.5. The van der Waals surface area contributed by atoms with Gasteiger partial charge in [0, 0.05) is 31.9 Å². The number of pyridine rings is 1. The number of rotatable bonds is 5. The molecule has 3 saturated heterocycles. The monoisotopic (exact) mass is 347 g/mol. The standard InChI is InChI=1S/C18H25N3O4/c19-17(22)16-9-14(2-6-20-16)24-13-3-7-21(8-4-13)10-15-1-5-18(25-15)11-23-12-18/h2,6,9,13,15H,1,3-5,7-8,10-12H2,(H2,19,22). The molecule has 1 aromatic rings. The van der Waals surface area contributed by atoms with Gasteiger partial charge in [-0.15, -0.1) is 0 Å². The Morgan fingerprint density at radius 3 is 2.80 bits per heavy atom. The van der Waals surface area contributed by atoms with Crippen LogP contribution < -0.4 is 10.5 Å². The second kappa shape index (κ2) is 6.90. The molecule has 1 amide bonds. The van der Waals surface area contributed by atoms with Crippen LogP contribution in [-0.4, -0.2) is 66.4 Å². The van der Waals surface area contributed by atoms with Gasteiger partial charge in [0.25, 0.3) is 5.91 Å². The van der Waals surface area contributed by atoms with Crippen LogP contribution in [0.5, 0.6) is 5.75 Å². The van der Waals surface area contributed by atoms with Gasteiger partial charge in [-0.25, -0.2) is 0 Å². The minimum Gasteiger partial charge on any atom is -0.490 e. The Morgan fingerprint density at radius 1 is 1.36 bits per heavy atom. The Labute approximate surface area is 147 Å². The molecule has 4 rings (SSSR count). The van der Waals surface area contributed by atoms with E-state index in [4.69, 9.17) is 19.9 Å². The molecule has 0 aliphatic carbocycles. The highest BCUT2D eigenvalue weighted by molar-refractivity contribution is 5.91. The molecule has 0 radical (unpaired) electrons. The molecular formula is C18H25N3O4. The molecule has 2 N–H and O–H groups in total. The predicted molar refractivity (Wildman–Crippen MR) is 90.5 cm³/mol. The van der Waals surface area contributed by atoms with Crippen molar-refractivity contribution in [3.63, 3.8) is 0 Å². The van der Waals surface area contributed by atoms with Gasteiger partial charge < -0.3 is 24.8 Å². The first kappa shape index (κ1) is 16.8. The molecule has 0 aromatic carbocycles. The van der Waals surface area contributed by atoms with Crippen LogP contribution >= 0.6 is 0 Å². The average Bonchev–Trinajstić information content (AvgIpc) is 3.02. The number of nitrogens with zero attached hydrogens (tertiary/aromatic N) is 2. The zero-order valence-electron chi connectivity index (χ0n) is 14.4. The first-order valence-corrected chi connectivity index (χ1v) is 9.02. The highest BCUT2D eigenvalue weighted by atomic mass is 16.6. The Bertz CT molecular complexity index is 627. The van der Waals surface area contributed by atoms with Crippen molar-refractivity contribution in [3.05, 3.63) is 24.0 Å². The van der Waals surface area contributed by atoms with E-state index in [1.807, 2.05) is 0 Å². The molecule has 0 saturated carbocycles. The topological polar surface area (TPSA) is 86.9 Å². The molecule has 3 aliphatic rings. The summed E-state index contributed by atoms with van der Waals surface area (Å²) in [6, 6.07) is 3.38. The molecule has 4 heterocycles. The van der Waals surface area contributed by atoms with E-state index < -0.39 is 5.91 Å². The number of carbonyl (C=O) groups excluding carboxylic acids is 1. The summed E-state index contributed by atoms with van der Waals surface area (Å²) in [7, 11) is 0. The zero-order valence-corrected chi connectivity index (χ0v) is 14.4. The summed E-state index contributed by atoms with van der Waals surface area (Å²) in [5.41, 5.74) is 5.53. The molecule has 7 nitrogen and oxygen atoms in total. The lowest BCUT2D eigenvalue weighted by Gasteiger charge is -2.38. The minimum absolute atomic E-state index is 0.0333. The van der Waals surface area contributed by atoms with Crippen molar-refractivity contribution in [2.75, 3.05) is 32.8 Å². The molecule has 3 fully saturated rings. The minimum atomic E-state index is -0.536. The smallest absolute Gasteiger partial charge is 0.267 e. The largest absolute Gasteiger partial charge is 0.490 e. The average molecular weight is 347 g/mol. The van der Waals surface area contributed by atoms with Gasteiger partial charge in [-0.2, -0.15) is 0 Å². The van der Waals surface area contributed by atoms with Gasteiger partial charge in [-0.1, -0.05) is 0 Å². The molecule has 7 heteroatoms. The fourth-order valence-electron chi connectivity index (χ4n) is 3.88. The molecule has 1 unspecified atom stereocenters. The Kier molecular flexibility index (Phi) is 4.62. The zero-order chi connectivity index (χ0) is 17.3. The summed E-state index contributed by atoms with van der Waals surface area (Å²) < 4.78 is 17.5. The Balaban J connectivity index is 1.23. The molecule has 25 heavy (non-hydrogen) atoms. The first-order chi connectivity index (χ1) is 12.1. The fourth-order valence-corrected chi connectivity index (χ4v) is 3.88. The summed E-state index contributed by atoms with van der Waals surface area (Å²) in [6.45, 7) is 4.52. The molecular weight excluding hydrogens is 322 g/mol. The Morgan fingerprint density at radius 2 is 2.16 bits per heavy atom. The molecule has 1 atom stereocenters. The van der Waals surface area contributed by atoms with Gasteiger partial charge >= 0.3 is 0 Å². The highest BCUT2D eigenvalue weighted by Crippen LogP contribution is 2.36. The number of piperidine rings is 1. The van der Waals surface area contributed by atoms with Crippen LogP contribution in [0, 0.1) is 0 Å². The van der Waals surface area contributed by atoms with Crippen LogP contribution in [0.4, 0.5) is 0 Å². The molecule has 1 aromatic heterocycles. The molecule has 136 valence electrons. The fraction of sp³-hybridized carbons (Fsp3) is 0.667. The molecule has 0 bridgehead atoms. The number of carbonyl (C=O) groups is 1. The van der Waals surface area contributed by atoms with E-state index in [0.29, 0.717) is 11.9 Å². The van der Waals surface area contributed by atoms with Gasteiger partial charge in [-0.05, 0) is 31.7 Å². The number of amides is 1. The lowest BCUT2D eigenvalue weighted by atomic mass is 9.98. The maximum atomic E-state index is 11.2. The number of hydrogen-bond donors (Lipinski definition) is 1. The van der Waals surface area contributed by atoms with Crippen molar-refractivity contribution in [3.8, 4) is 5.75 Å². The van der Waals surface area contributed by atoms with E-state index in [1.54, 1.807) is 18.3 Å². The highest BCUT2D eigenvalue weighted by Gasteiger charge is 2.46. The summed E-state index contributed by atoms with van der Waals surface area (Å²) in [4.78, 5) is 17.6. The third kappa shape index (κ3) is 3.78. The van der Waals surface area contributed by atoms with E-state index in [1.165, 1.54) is 0 Å². The summed E-state index contributed by atoms with van der Waals surface area (Å²) >= 11 is 0. The maximum absolute atomic E-state index is 11.2. The van der Waals surface area contributed by atoms with Crippen molar-refractivity contribution in [2.45, 2.75) is 43.5 Å². The van der Waals surface area contributed by atoms with Crippen LogP contribution in [0.15, 0.2) is 18.3 Å². The van der Waals surface area contributed by atoms with Gasteiger partial charge in [0.05, 0.1) is 19.3 Å². The van der Waals surface area contributed by atoms with Crippen molar-refractivity contribution in [1.82, 2.24) is 9.88 Å². The van der Waals surface area contributed by atoms with Gasteiger partial charge in [-0.3, -0.25) is 9.78 Å². The van der Waals surface area contributed by atoms with Crippen LogP contribution in [0.25, 0.3) is 0 Å². The predicted octanol–water partition coefficient (Wildman–Crippen LogP) is 0.972. The van der Waals surface area contributed by atoms with E-state index >= 15 is 0 Å². The second-order valence-corrected chi connectivity index (χ2v) is 7.31. The number of aromatic nitrogens is 1. The molecule has 1 spiro atoms. The van der Waals surface area contributed by atoms with Gasteiger partial charge in [0.2, 0.25) is 0 Å². The number of nitrogens with two attached hydrogens (primary N) is 1. The Hall–Kier alpha value is -1.70. The second-order valence-electron chi connectivity index (χ2n) is 7.31. The van der Waals surface area contributed by atoms with Crippen LogP contribution in [0.1, 0.15) is 36.2 Å². The van der Waals surface area contributed by atoms with Crippen LogP contribution in [-0.2, 0) is 9.47 Å². The summed E-state index contributed by atoms with van der Waals surface area (Å²) in [5.74, 6) is 0.125. The summed E-state index contributed by atoms with van der Waals surface area (Å²) in [6.07, 6.45) is 6.25. The maximum Gasteiger partial charge on any atom is 0.267 e. The van der Waals surface area contributed by atoms with E-state index in [2.05, 4.69) is 9.88 Å². The lowest BCUT2D eigenvalue weighted by molar-refractivity contribution is -0.202. The number of ether oxygens (including phenoxy) is 3. The SMILES string of the molecule is NC(=O)c1cc(OC2CCN(CC3CCC4(COC4)O3)CC2)ccn1. The van der Waals surface area contributed by atoms with Crippen LogP contribution in [0.3, 0.4) is 0 Å². The van der Waals surface area contributed by atoms with Crippen molar-refractivity contribution in [1.29, 1.82) is 0 Å². The third-order valence-corrected chi connectivity index (χ3v) is 5.35. The lowest BCUT2D eigenvalue weighted by Crippen LogP contribution is -2.50. The number of primary amides is 1. The van der Waals surface area contributed by atoms with E-state index in [-0.39, 0.29) is 17.4 Å². The van der Waals surface area contributed by atoms with Crippen LogP contribution in [0.2, 0.25) is 0 Å². The number of likely N-dealkylation sites (tertiary alicyclic amines) is 1. The summed E-state index contributed by atoms with van der Waals surface area (Å²) in [5, 5.41) is 0. The van der Waals surface area contributed by atoms with Crippen molar-refractivity contribution < 1.29 is 19.0 Å². The van der Waals surface area contributed by atoms with Crippen molar-refractivity contribution in [2.24, 2.45) is 5.73 Å². The van der Waals surface area contributed by atoms with E-state index in [0.717, 1.165) is 58.5 Å². The first-order valence-electron chi connectivity index (χ1n) is 9.02. The third-order valence-electron chi connectivity index (χ3n) is 5.35. The van der Waals surface area contributed by atoms with Gasteiger partial charge in [0.1, 0.15) is 23.1 Å². The van der Waals surface area contributed by atoms with E-state index in [9.17, 15) is 4.79 Å². The van der Waals surface area contributed by atoms with Gasteiger partial charge in [0.15, 0.2) is 0 Å². The van der Waals surface area contributed by atoms with Crippen molar-refractivity contribution >= 4 is 5.91 Å². The quantitative estimate of drug-likeness (QED) is 0.854. The molecule has 3 aliphatic heterocycles. The number of hydrogen-bond acceptors (Lipinski definition) is 6.